The molecule has 0 bridgehead atoms. The monoisotopic (exact) mass is 873 g/mol. The molecule has 17 nitrogen and oxygen atoms in total. The zero-order valence-corrected chi connectivity index (χ0v) is 36.2. The number of fused-ring (bicyclic) bond motifs is 4. The van der Waals surface area contributed by atoms with Crippen LogP contribution in [0.3, 0.4) is 0 Å². The first-order valence-corrected chi connectivity index (χ1v) is 20.9. The number of pyridine rings is 1. The summed E-state index contributed by atoms with van der Waals surface area (Å²) >= 11 is 0. The maximum absolute atomic E-state index is 14.8. The molecule has 0 spiro atoms. The minimum absolute atomic E-state index is 0.00614. The molecule has 0 saturated heterocycles. The van der Waals surface area contributed by atoms with Gasteiger partial charge in [-0.05, 0) is 77.9 Å². The second-order valence-corrected chi connectivity index (χ2v) is 16.2. The van der Waals surface area contributed by atoms with E-state index < -0.39 is 47.0 Å². The summed E-state index contributed by atoms with van der Waals surface area (Å²) in [5.74, 6) is -1.91. The lowest BCUT2D eigenvalue weighted by atomic mass is 9.96. The van der Waals surface area contributed by atoms with Gasteiger partial charge in [0.2, 0.25) is 0 Å². The van der Waals surface area contributed by atoms with Crippen molar-refractivity contribution in [3.05, 3.63) is 167 Å². The second-order valence-electron chi connectivity index (χ2n) is 16.2. The van der Waals surface area contributed by atoms with Crippen LogP contribution in [0.25, 0.3) is 54.9 Å². The fourth-order valence-electron chi connectivity index (χ4n) is 9.18. The maximum atomic E-state index is 14.8. The number of esters is 1. The number of benzene rings is 3. The van der Waals surface area contributed by atoms with Gasteiger partial charge in [0.05, 0.1) is 43.1 Å². The molecular weight excluding hydrogens is 831 g/mol. The highest BCUT2D eigenvalue weighted by Crippen LogP contribution is 2.33. The van der Waals surface area contributed by atoms with Crippen molar-refractivity contribution in [3.8, 4) is 11.1 Å². The minimum atomic E-state index is -1.34. The molecule has 6 heterocycles. The highest BCUT2D eigenvalue weighted by molar-refractivity contribution is 5.92. The number of rotatable bonds is 12. The highest BCUT2D eigenvalue weighted by atomic mass is 16.5. The first kappa shape index (κ1) is 42.1. The van der Waals surface area contributed by atoms with Crippen molar-refractivity contribution in [1.82, 2.24) is 42.4 Å². The number of carbonyl (C=O) groups excluding carboxylic acids is 1. The number of carboxylic acid groups (broad SMARTS) is 1. The molecule has 9 aromatic rings. The van der Waals surface area contributed by atoms with Crippen LogP contribution in [0.1, 0.15) is 47.2 Å². The molecule has 17 heteroatoms. The van der Waals surface area contributed by atoms with Gasteiger partial charge < -0.3 is 19.0 Å². The first-order valence-electron chi connectivity index (χ1n) is 20.9. The van der Waals surface area contributed by atoms with Crippen LogP contribution in [0.15, 0.2) is 117 Å². The third-order valence-corrected chi connectivity index (χ3v) is 12.1. The lowest BCUT2D eigenvalue weighted by Gasteiger charge is -2.22. The van der Waals surface area contributed by atoms with Crippen molar-refractivity contribution < 1.29 is 19.4 Å². The van der Waals surface area contributed by atoms with Gasteiger partial charge in [-0.1, -0.05) is 42.5 Å². The fraction of sp³-hybridized carbons (Fsp3) is 0.229. The van der Waals surface area contributed by atoms with Crippen molar-refractivity contribution in [3.63, 3.8) is 0 Å². The van der Waals surface area contributed by atoms with E-state index in [2.05, 4.69) is 15.0 Å². The zero-order chi connectivity index (χ0) is 45.8. The second kappa shape index (κ2) is 16.5. The van der Waals surface area contributed by atoms with Crippen molar-refractivity contribution in [1.29, 1.82) is 0 Å². The fourth-order valence-corrected chi connectivity index (χ4v) is 9.18. The number of aryl methyl sites for hydroxylation is 4. The molecule has 65 heavy (non-hydrogen) atoms. The van der Waals surface area contributed by atoms with E-state index in [1.54, 1.807) is 35.9 Å². The largest absolute Gasteiger partial charge is 0.480 e. The first-order chi connectivity index (χ1) is 31.2. The molecule has 0 aliphatic carbocycles. The molecule has 1 atom stereocenters. The van der Waals surface area contributed by atoms with Gasteiger partial charge in [0.15, 0.2) is 5.65 Å². The van der Waals surface area contributed by atoms with Gasteiger partial charge in [-0.25, -0.2) is 24.1 Å². The Labute approximate surface area is 368 Å². The average Bonchev–Trinajstić information content (AvgIpc) is 3.79. The average molecular weight is 874 g/mol. The van der Waals surface area contributed by atoms with Gasteiger partial charge in [-0.2, -0.15) is 0 Å². The molecule has 328 valence electrons. The standard InChI is InChI=1S/C48H43N9O8/c1-6-65-41(60)18-38(57-46(62)34-19-49-15-14-36(34)54(48(57)64)23-32-21-52(4)37-9-7-8-27(2)42(32)37)30-12-10-29(11-13-30)31-16-28(3)43-33(22-53(5)39(43)17-31)24-55-44-35(20-50-26-51-44)45(61)56(47(55)63)25-40(58)59/h7-17,19-22,26,38H,6,18,23-25H2,1-5H3,(H,58,59). The highest BCUT2D eigenvalue weighted by Gasteiger charge is 2.27. The molecular formula is C48H43N9O8. The van der Waals surface area contributed by atoms with Crippen LogP contribution < -0.4 is 22.5 Å². The smallest absolute Gasteiger partial charge is 0.333 e. The van der Waals surface area contributed by atoms with Gasteiger partial charge in [-0.3, -0.25) is 37.9 Å². The van der Waals surface area contributed by atoms with Gasteiger partial charge >= 0.3 is 23.3 Å². The molecule has 0 radical (unpaired) electrons. The third kappa shape index (κ3) is 7.29. The van der Waals surface area contributed by atoms with Gasteiger partial charge in [-0.15, -0.1) is 0 Å². The van der Waals surface area contributed by atoms with Crippen LogP contribution in [0.4, 0.5) is 0 Å². The Hall–Kier alpha value is -8.21. The molecule has 9 rings (SSSR count). The Morgan fingerprint density at radius 3 is 2.14 bits per heavy atom. The van der Waals surface area contributed by atoms with E-state index in [4.69, 9.17) is 4.74 Å². The molecule has 3 aromatic carbocycles. The van der Waals surface area contributed by atoms with Crippen LogP contribution in [0, 0.1) is 13.8 Å². The normalized spacial score (nSPS) is 12.1. The molecule has 0 saturated carbocycles. The minimum Gasteiger partial charge on any atom is -0.480 e. The molecule has 0 fully saturated rings. The van der Waals surface area contributed by atoms with Gasteiger partial charge in [0, 0.05) is 66.9 Å². The van der Waals surface area contributed by atoms with Crippen molar-refractivity contribution in [2.45, 2.75) is 52.9 Å². The van der Waals surface area contributed by atoms with Crippen molar-refractivity contribution in [2.24, 2.45) is 14.1 Å². The Morgan fingerprint density at radius 1 is 0.723 bits per heavy atom. The van der Waals surface area contributed by atoms with E-state index in [-0.39, 0.29) is 42.5 Å². The lowest BCUT2D eigenvalue weighted by molar-refractivity contribution is -0.143. The summed E-state index contributed by atoms with van der Waals surface area (Å²) in [6.07, 6.45) is 9.08. The molecule has 0 aliphatic heterocycles. The Morgan fingerprint density at radius 2 is 1.42 bits per heavy atom. The van der Waals surface area contributed by atoms with Crippen molar-refractivity contribution >= 4 is 55.7 Å². The van der Waals surface area contributed by atoms with E-state index in [0.29, 0.717) is 15.6 Å². The number of ether oxygens (including phenoxy) is 1. The zero-order valence-electron chi connectivity index (χ0n) is 36.2. The van der Waals surface area contributed by atoms with Crippen LogP contribution in [-0.2, 0) is 48.1 Å². The number of carboxylic acids is 1. The number of hydrogen-bond donors (Lipinski definition) is 1. The summed E-state index contributed by atoms with van der Waals surface area (Å²) in [7, 11) is 3.82. The summed E-state index contributed by atoms with van der Waals surface area (Å²) in [5, 5.41) is 11.6. The van der Waals surface area contributed by atoms with Crippen molar-refractivity contribution in [2.75, 3.05) is 6.61 Å². The molecule has 0 amide bonds. The van der Waals surface area contributed by atoms with E-state index in [0.717, 1.165) is 59.8 Å². The number of nitrogens with zero attached hydrogens (tertiary/aromatic N) is 9. The Bertz CT molecular complexity index is 3670. The number of carbonyl (C=O) groups is 2. The SMILES string of the molecule is CCOC(=O)CC(c1ccc(-c2cc(C)c3c(Cn4c(=O)n(CC(=O)O)c(=O)c5cncnc54)cn(C)c3c2)cc1)n1c(=O)c2cnccc2n(Cc2cn(C)c3cccc(C)c23)c1=O. The van der Waals surface area contributed by atoms with Crippen LogP contribution >= 0.6 is 0 Å². The predicted octanol–water partition coefficient (Wildman–Crippen LogP) is 4.82. The quantitative estimate of drug-likeness (QED) is 0.165. The van der Waals surface area contributed by atoms with E-state index in [9.17, 15) is 33.9 Å². The van der Waals surface area contributed by atoms with Gasteiger partial charge in [0.25, 0.3) is 11.1 Å². The van der Waals surface area contributed by atoms with Crippen LogP contribution in [0.5, 0.6) is 0 Å². The number of aliphatic carboxylic acids is 1. The summed E-state index contributed by atoms with van der Waals surface area (Å²) in [6, 6.07) is 18.0. The Balaban J connectivity index is 1.12. The van der Waals surface area contributed by atoms with E-state index in [1.807, 2.05) is 91.9 Å². The van der Waals surface area contributed by atoms with E-state index in [1.165, 1.54) is 23.3 Å². The van der Waals surface area contributed by atoms with E-state index >= 15 is 0 Å². The van der Waals surface area contributed by atoms with Gasteiger partial charge in [0.1, 0.15) is 18.3 Å². The lowest BCUT2D eigenvalue weighted by Crippen LogP contribution is -2.43. The summed E-state index contributed by atoms with van der Waals surface area (Å²) in [5.41, 5.74) is 5.38. The molecule has 1 unspecified atom stereocenters. The summed E-state index contributed by atoms with van der Waals surface area (Å²) < 4.78 is 14.0. The maximum Gasteiger partial charge on any atom is 0.333 e. The molecule has 6 aromatic heterocycles. The molecule has 1 N–H and O–H groups in total. The van der Waals surface area contributed by atoms with Crippen LogP contribution in [-0.4, -0.2) is 66.0 Å². The van der Waals surface area contributed by atoms with Crippen LogP contribution in [0.2, 0.25) is 0 Å². The number of aromatic nitrogens is 9. The topological polar surface area (TPSA) is 200 Å². The summed E-state index contributed by atoms with van der Waals surface area (Å²) in [6.45, 7) is 5.12. The Kier molecular flexibility index (Phi) is 10.7. The molecule has 0 aliphatic rings. The predicted molar refractivity (Wildman–Crippen MR) is 244 cm³/mol. The summed E-state index contributed by atoms with van der Waals surface area (Å²) in [4.78, 5) is 93.3. The third-order valence-electron chi connectivity index (χ3n) is 12.1. The number of hydrogen-bond acceptors (Lipinski definition) is 10.